The third-order valence-electron chi connectivity index (χ3n) is 3.40. The van der Waals surface area contributed by atoms with Gasteiger partial charge in [-0.1, -0.05) is 30.3 Å². The summed E-state index contributed by atoms with van der Waals surface area (Å²) in [4.78, 5) is 11.1. The summed E-state index contributed by atoms with van der Waals surface area (Å²) in [5, 5.41) is 0. The topological polar surface area (TPSA) is 26.3 Å². The van der Waals surface area contributed by atoms with Crippen LogP contribution in [-0.2, 0) is 17.8 Å². The maximum Gasteiger partial charge on any atom is 0.134 e. The normalized spacial score (nSPS) is 10.3. The van der Waals surface area contributed by atoms with Crippen LogP contribution >= 0.6 is 0 Å². The molecule has 2 aromatic rings. The van der Waals surface area contributed by atoms with Gasteiger partial charge in [0.05, 0.1) is 0 Å². The summed E-state index contributed by atoms with van der Waals surface area (Å²) < 4.78 is 5.83. The molecule has 0 spiro atoms. The van der Waals surface area contributed by atoms with Gasteiger partial charge in [-0.3, -0.25) is 4.79 Å². The van der Waals surface area contributed by atoms with E-state index < -0.39 is 0 Å². The molecular weight excluding hydrogens is 248 g/mol. The van der Waals surface area contributed by atoms with Gasteiger partial charge in [-0.15, -0.1) is 0 Å². The molecule has 0 saturated heterocycles. The first kappa shape index (κ1) is 14.3. The zero-order chi connectivity index (χ0) is 14.5. The summed E-state index contributed by atoms with van der Waals surface area (Å²) in [7, 11) is 0. The number of ketones is 1. The molecule has 0 N–H and O–H groups in total. The van der Waals surface area contributed by atoms with Crippen molar-refractivity contribution in [3.05, 3.63) is 64.7 Å². The molecule has 0 radical (unpaired) electrons. The van der Waals surface area contributed by atoms with Crippen LogP contribution in [-0.4, -0.2) is 5.78 Å². The van der Waals surface area contributed by atoms with Gasteiger partial charge >= 0.3 is 0 Å². The summed E-state index contributed by atoms with van der Waals surface area (Å²) in [6.45, 7) is 6.37. The Hall–Kier alpha value is -2.09. The Morgan fingerprint density at radius 2 is 1.60 bits per heavy atom. The summed E-state index contributed by atoms with van der Waals surface area (Å²) in [5.74, 6) is 1.01. The molecule has 2 rings (SSSR count). The molecule has 0 saturated carbocycles. The summed E-state index contributed by atoms with van der Waals surface area (Å²) >= 11 is 0. The third-order valence-corrected chi connectivity index (χ3v) is 3.40. The van der Waals surface area contributed by atoms with Crippen LogP contribution in [0.5, 0.6) is 5.75 Å². The highest BCUT2D eigenvalue weighted by Gasteiger charge is 2.04. The Morgan fingerprint density at radius 1 is 1.00 bits per heavy atom. The Balaban J connectivity index is 2.02. The van der Waals surface area contributed by atoms with Crippen LogP contribution in [0.3, 0.4) is 0 Å². The van der Waals surface area contributed by atoms with E-state index in [4.69, 9.17) is 4.74 Å². The number of aryl methyl sites for hydroxylation is 2. The van der Waals surface area contributed by atoms with Gasteiger partial charge in [0.2, 0.25) is 0 Å². The summed E-state index contributed by atoms with van der Waals surface area (Å²) in [6.07, 6.45) is 0.483. The molecule has 2 aromatic carbocycles. The first-order chi connectivity index (χ1) is 9.56. The maximum absolute atomic E-state index is 11.1. The molecular formula is C18H20O2. The Morgan fingerprint density at radius 3 is 2.15 bits per heavy atom. The number of benzene rings is 2. The van der Waals surface area contributed by atoms with E-state index in [-0.39, 0.29) is 5.78 Å². The minimum absolute atomic E-state index is 0.175. The number of carbonyl (C=O) groups excluding carboxylic acids is 1. The zero-order valence-corrected chi connectivity index (χ0v) is 12.3. The highest BCUT2D eigenvalue weighted by atomic mass is 16.5. The predicted molar refractivity (Wildman–Crippen MR) is 81.1 cm³/mol. The zero-order valence-electron chi connectivity index (χ0n) is 12.3. The van der Waals surface area contributed by atoms with Crippen molar-refractivity contribution in [2.75, 3.05) is 0 Å². The second-order valence-corrected chi connectivity index (χ2v) is 5.18. The highest BCUT2D eigenvalue weighted by molar-refractivity contribution is 5.78. The summed E-state index contributed by atoms with van der Waals surface area (Å²) in [6, 6.07) is 14.0. The summed E-state index contributed by atoms with van der Waals surface area (Å²) in [5.41, 5.74) is 4.76. The fourth-order valence-electron chi connectivity index (χ4n) is 2.22. The van der Waals surface area contributed by atoms with E-state index in [0.717, 1.165) is 11.3 Å². The van der Waals surface area contributed by atoms with Gasteiger partial charge in [0.25, 0.3) is 0 Å². The van der Waals surface area contributed by atoms with E-state index >= 15 is 0 Å². The maximum atomic E-state index is 11.1. The van der Waals surface area contributed by atoms with Crippen molar-refractivity contribution in [1.29, 1.82) is 0 Å². The minimum Gasteiger partial charge on any atom is -0.489 e. The van der Waals surface area contributed by atoms with Crippen molar-refractivity contribution < 1.29 is 9.53 Å². The SMILES string of the molecule is CC(=O)Cc1ccc(OCc2c(C)cccc2C)cc1. The molecule has 0 aliphatic carbocycles. The van der Waals surface area contributed by atoms with Crippen LogP contribution in [0.25, 0.3) is 0 Å². The Bertz CT molecular complexity index is 577. The molecule has 0 fully saturated rings. The van der Waals surface area contributed by atoms with Gasteiger partial charge in [0.15, 0.2) is 0 Å². The molecule has 0 aliphatic heterocycles. The lowest BCUT2D eigenvalue weighted by molar-refractivity contribution is -0.116. The molecule has 0 bridgehead atoms. The lowest BCUT2D eigenvalue weighted by atomic mass is 10.0. The lowest BCUT2D eigenvalue weighted by Crippen LogP contribution is -2.01. The van der Waals surface area contributed by atoms with Crippen molar-refractivity contribution in [3.63, 3.8) is 0 Å². The van der Waals surface area contributed by atoms with Crippen LogP contribution < -0.4 is 4.74 Å². The molecule has 0 heterocycles. The smallest absolute Gasteiger partial charge is 0.134 e. The molecule has 0 aromatic heterocycles. The molecule has 20 heavy (non-hydrogen) atoms. The second kappa shape index (κ2) is 6.38. The van der Waals surface area contributed by atoms with E-state index in [9.17, 15) is 4.79 Å². The highest BCUT2D eigenvalue weighted by Crippen LogP contribution is 2.18. The van der Waals surface area contributed by atoms with Crippen LogP contribution in [0.4, 0.5) is 0 Å². The van der Waals surface area contributed by atoms with Crippen molar-refractivity contribution in [3.8, 4) is 5.75 Å². The van der Waals surface area contributed by atoms with E-state index in [0.29, 0.717) is 13.0 Å². The molecule has 0 atom stereocenters. The monoisotopic (exact) mass is 268 g/mol. The van der Waals surface area contributed by atoms with Crippen molar-refractivity contribution >= 4 is 5.78 Å². The lowest BCUT2D eigenvalue weighted by Gasteiger charge is -2.11. The van der Waals surface area contributed by atoms with Crippen LogP contribution in [0.15, 0.2) is 42.5 Å². The number of ether oxygens (including phenoxy) is 1. The van der Waals surface area contributed by atoms with Gasteiger partial charge in [0.1, 0.15) is 18.1 Å². The van der Waals surface area contributed by atoms with E-state index in [1.807, 2.05) is 24.3 Å². The standard InChI is InChI=1S/C18H20O2/c1-13-5-4-6-14(2)18(13)12-20-17-9-7-16(8-10-17)11-15(3)19/h4-10H,11-12H2,1-3H3. The van der Waals surface area contributed by atoms with Crippen molar-refractivity contribution in [1.82, 2.24) is 0 Å². The van der Waals surface area contributed by atoms with Gasteiger partial charge in [-0.05, 0) is 55.2 Å². The fraction of sp³-hybridized carbons (Fsp3) is 0.278. The largest absolute Gasteiger partial charge is 0.489 e. The molecule has 2 nitrogen and oxygen atoms in total. The fourth-order valence-corrected chi connectivity index (χ4v) is 2.22. The van der Waals surface area contributed by atoms with Gasteiger partial charge in [0, 0.05) is 6.42 Å². The van der Waals surface area contributed by atoms with E-state index in [1.165, 1.54) is 16.7 Å². The number of Topliss-reactive ketones (excluding diaryl/α,β-unsaturated/α-hetero) is 1. The quantitative estimate of drug-likeness (QED) is 0.819. The van der Waals surface area contributed by atoms with Crippen molar-refractivity contribution in [2.45, 2.75) is 33.8 Å². The first-order valence-corrected chi connectivity index (χ1v) is 6.82. The molecule has 0 amide bonds. The predicted octanol–water partition coefficient (Wildman–Crippen LogP) is 4.01. The molecule has 0 unspecified atom stereocenters. The number of hydrogen-bond donors (Lipinski definition) is 0. The first-order valence-electron chi connectivity index (χ1n) is 6.82. The second-order valence-electron chi connectivity index (χ2n) is 5.18. The minimum atomic E-state index is 0.175. The average Bonchev–Trinajstić information content (AvgIpc) is 2.39. The van der Waals surface area contributed by atoms with E-state index in [2.05, 4.69) is 32.0 Å². The van der Waals surface area contributed by atoms with Crippen LogP contribution in [0.2, 0.25) is 0 Å². The van der Waals surface area contributed by atoms with Crippen LogP contribution in [0.1, 0.15) is 29.2 Å². The molecule has 104 valence electrons. The number of rotatable bonds is 5. The van der Waals surface area contributed by atoms with Gasteiger partial charge < -0.3 is 4.74 Å². The van der Waals surface area contributed by atoms with Gasteiger partial charge in [-0.25, -0.2) is 0 Å². The van der Waals surface area contributed by atoms with Crippen LogP contribution in [0, 0.1) is 13.8 Å². The Labute approximate surface area is 120 Å². The molecule has 2 heteroatoms. The number of carbonyl (C=O) groups is 1. The van der Waals surface area contributed by atoms with E-state index in [1.54, 1.807) is 6.92 Å². The Kier molecular flexibility index (Phi) is 4.57. The number of hydrogen-bond acceptors (Lipinski definition) is 2. The van der Waals surface area contributed by atoms with Crippen molar-refractivity contribution in [2.24, 2.45) is 0 Å². The molecule has 0 aliphatic rings. The third kappa shape index (κ3) is 3.70. The van der Waals surface area contributed by atoms with Gasteiger partial charge in [-0.2, -0.15) is 0 Å². The average molecular weight is 268 g/mol.